The van der Waals surface area contributed by atoms with E-state index in [9.17, 15) is 4.79 Å². The van der Waals surface area contributed by atoms with Gasteiger partial charge in [-0.2, -0.15) is 0 Å². The van der Waals surface area contributed by atoms with Crippen molar-refractivity contribution in [1.82, 2.24) is 4.90 Å². The predicted molar refractivity (Wildman–Crippen MR) is 98.2 cm³/mol. The lowest BCUT2D eigenvalue weighted by atomic mass is 10.00. The van der Waals surface area contributed by atoms with E-state index >= 15 is 0 Å². The molecule has 0 saturated heterocycles. The lowest BCUT2D eigenvalue weighted by Gasteiger charge is -2.26. The first-order valence-corrected chi connectivity index (χ1v) is 8.53. The summed E-state index contributed by atoms with van der Waals surface area (Å²) in [6, 6.07) is 18.1. The highest BCUT2D eigenvalue weighted by Crippen LogP contribution is 2.23. The Labute approximate surface area is 145 Å². The van der Waals surface area contributed by atoms with Crippen LogP contribution in [0.1, 0.15) is 12.0 Å². The normalized spacial score (nSPS) is 15.1. The molecule has 3 rings (SSSR count). The average Bonchev–Trinajstić information content (AvgIpc) is 2.58. The largest absolute Gasteiger partial charge is 0.324 e. The van der Waals surface area contributed by atoms with Crippen LogP contribution < -0.4 is 5.32 Å². The van der Waals surface area contributed by atoms with E-state index in [-0.39, 0.29) is 5.91 Å². The Hall–Kier alpha value is -1.91. The summed E-state index contributed by atoms with van der Waals surface area (Å²) in [5.41, 5.74) is 3.47. The molecule has 1 amide bonds. The Balaban J connectivity index is 1.55. The summed E-state index contributed by atoms with van der Waals surface area (Å²) in [6.07, 6.45) is 3.21. The third-order valence-electron chi connectivity index (χ3n) is 3.95. The number of amides is 1. The van der Waals surface area contributed by atoms with Crippen molar-refractivity contribution >= 4 is 33.1 Å². The molecule has 0 aliphatic carbocycles. The molecule has 118 valence electrons. The summed E-state index contributed by atoms with van der Waals surface area (Å²) in [4.78, 5) is 14.4. The summed E-state index contributed by atoms with van der Waals surface area (Å²) in [6.45, 7) is 2.14. The van der Waals surface area contributed by atoms with E-state index in [1.165, 1.54) is 11.1 Å². The molecule has 0 bridgehead atoms. The summed E-state index contributed by atoms with van der Waals surface area (Å²) < 4.78 is 0.901. The molecule has 4 heteroatoms. The van der Waals surface area contributed by atoms with E-state index in [0.29, 0.717) is 6.54 Å². The molecule has 2 aromatic carbocycles. The molecule has 0 atom stereocenters. The van der Waals surface area contributed by atoms with Crippen LogP contribution in [0.2, 0.25) is 0 Å². The number of halogens is 1. The second-order valence-corrected chi connectivity index (χ2v) is 6.46. The zero-order valence-corrected chi connectivity index (χ0v) is 14.4. The van der Waals surface area contributed by atoms with Gasteiger partial charge >= 0.3 is 0 Å². The van der Waals surface area contributed by atoms with Gasteiger partial charge < -0.3 is 5.32 Å². The molecular weight excluding hydrogens is 352 g/mol. The van der Waals surface area contributed by atoms with Crippen LogP contribution in [0.3, 0.4) is 0 Å². The van der Waals surface area contributed by atoms with E-state index in [1.54, 1.807) is 0 Å². The van der Waals surface area contributed by atoms with Gasteiger partial charge in [-0.3, -0.25) is 9.69 Å². The first kappa shape index (κ1) is 16.0. The number of hydrogen-bond donors (Lipinski definition) is 1. The number of para-hydroxylation sites is 1. The van der Waals surface area contributed by atoms with Gasteiger partial charge in [0.05, 0.1) is 12.2 Å². The van der Waals surface area contributed by atoms with Gasteiger partial charge in [-0.15, -0.1) is 0 Å². The molecule has 1 heterocycles. The van der Waals surface area contributed by atoms with E-state index in [4.69, 9.17) is 0 Å². The van der Waals surface area contributed by atoms with Crippen LogP contribution in [-0.4, -0.2) is 30.4 Å². The Morgan fingerprint density at radius 1 is 1.09 bits per heavy atom. The maximum absolute atomic E-state index is 12.2. The molecule has 23 heavy (non-hydrogen) atoms. The molecule has 3 nitrogen and oxygen atoms in total. The maximum Gasteiger partial charge on any atom is 0.238 e. The smallest absolute Gasteiger partial charge is 0.238 e. The van der Waals surface area contributed by atoms with Gasteiger partial charge in [0.2, 0.25) is 5.91 Å². The van der Waals surface area contributed by atoms with Crippen molar-refractivity contribution < 1.29 is 4.79 Å². The van der Waals surface area contributed by atoms with E-state index in [2.05, 4.69) is 56.5 Å². The summed E-state index contributed by atoms with van der Waals surface area (Å²) in [7, 11) is 0. The number of hydrogen-bond acceptors (Lipinski definition) is 2. The Morgan fingerprint density at radius 3 is 2.52 bits per heavy atom. The average molecular weight is 371 g/mol. The van der Waals surface area contributed by atoms with Gasteiger partial charge in [0.15, 0.2) is 0 Å². The Bertz CT molecular complexity index is 712. The van der Waals surface area contributed by atoms with E-state index < -0.39 is 0 Å². The van der Waals surface area contributed by atoms with Gasteiger partial charge in [0.25, 0.3) is 0 Å². The summed E-state index contributed by atoms with van der Waals surface area (Å²) >= 11 is 3.45. The molecule has 1 N–H and O–H groups in total. The molecule has 0 radical (unpaired) electrons. The van der Waals surface area contributed by atoms with Crippen LogP contribution in [-0.2, 0) is 4.79 Å². The number of nitrogens with one attached hydrogen (secondary N) is 1. The van der Waals surface area contributed by atoms with Gasteiger partial charge in [0, 0.05) is 17.6 Å². The van der Waals surface area contributed by atoms with Gasteiger partial charge in [0.1, 0.15) is 0 Å². The minimum atomic E-state index is 0.0217. The monoisotopic (exact) mass is 370 g/mol. The highest BCUT2D eigenvalue weighted by molar-refractivity contribution is 9.10. The predicted octanol–water partition coefficient (Wildman–Crippen LogP) is 4.18. The molecule has 0 spiro atoms. The van der Waals surface area contributed by atoms with Crippen molar-refractivity contribution in [3.8, 4) is 0 Å². The van der Waals surface area contributed by atoms with Crippen LogP contribution in [0.4, 0.5) is 5.69 Å². The molecule has 0 fully saturated rings. The number of nitrogens with zero attached hydrogens (tertiary/aromatic N) is 1. The second-order valence-electron chi connectivity index (χ2n) is 5.61. The maximum atomic E-state index is 12.2. The van der Waals surface area contributed by atoms with Crippen molar-refractivity contribution in [2.24, 2.45) is 0 Å². The molecule has 1 aliphatic rings. The van der Waals surface area contributed by atoms with Crippen LogP contribution in [0.25, 0.3) is 5.57 Å². The lowest BCUT2D eigenvalue weighted by Crippen LogP contribution is -2.36. The lowest BCUT2D eigenvalue weighted by molar-refractivity contribution is -0.117. The number of carbonyl (C=O) groups excluding carboxylic acids is 1. The van der Waals surface area contributed by atoms with Crippen LogP contribution in [0, 0.1) is 0 Å². The van der Waals surface area contributed by atoms with Crippen molar-refractivity contribution in [2.75, 3.05) is 25.0 Å². The Morgan fingerprint density at radius 2 is 1.83 bits per heavy atom. The molecule has 0 unspecified atom stereocenters. The zero-order valence-electron chi connectivity index (χ0n) is 12.8. The van der Waals surface area contributed by atoms with Crippen LogP contribution >= 0.6 is 15.9 Å². The highest BCUT2D eigenvalue weighted by atomic mass is 79.9. The molecular formula is C19H19BrN2O. The van der Waals surface area contributed by atoms with Gasteiger partial charge in [-0.1, -0.05) is 48.5 Å². The Kier molecular flexibility index (Phi) is 5.26. The van der Waals surface area contributed by atoms with Crippen molar-refractivity contribution in [2.45, 2.75) is 6.42 Å². The van der Waals surface area contributed by atoms with E-state index in [0.717, 1.165) is 29.7 Å². The topological polar surface area (TPSA) is 32.3 Å². The van der Waals surface area contributed by atoms with Gasteiger partial charge in [-0.25, -0.2) is 0 Å². The standard InChI is InChI=1S/C19H19BrN2O/c20-17-8-4-5-9-18(17)21-19(23)14-22-12-10-16(11-13-22)15-6-2-1-3-7-15/h1-10H,11-14H2,(H,21,23). The first-order valence-electron chi connectivity index (χ1n) is 7.73. The third-order valence-corrected chi connectivity index (χ3v) is 4.64. The number of rotatable bonds is 4. The van der Waals surface area contributed by atoms with Crippen molar-refractivity contribution in [1.29, 1.82) is 0 Å². The fourth-order valence-corrected chi connectivity index (χ4v) is 3.11. The fraction of sp³-hybridized carbons (Fsp3) is 0.211. The number of carbonyl (C=O) groups is 1. The number of benzene rings is 2. The van der Waals surface area contributed by atoms with Crippen molar-refractivity contribution in [3.05, 3.63) is 70.7 Å². The summed E-state index contributed by atoms with van der Waals surface area (Å²) in [5.74, 6) is 0.0217. The van der Waals surface area contributed by atoms with Crippen molar-refractivity contribution in [3.63, 3.8) is 0 Å². The fourth-order valence-electron chi connectivity index (χ4n) is 2.72. The SMILES string of the molecule is O=C(CN1CC=C(c2ccccc2)CC1)Nc1ccccc1Br. The van der Waals surface area contributed by atoms with Crippen LogP contribution in [0.15, 0.2) is 65.1 Å². The first-order chi connectivity index (χ1) is 11.2. The second kappa shape index (κ2) is 7.57. The van der Waals surface area contributed by atoms with Crippen LogP contribution in [0.5, 0.6) is 0 Å². The molecule has 2 aromatic rings. The highest BCUT2D eigenvalue weighted by Gasteiger charge is 2.16. The third kappa shape index (κ3) is 4.30. The molecule has 0 aromatic heterocycles. The van der Waals surface area contributed by atoms with E-state index in [1.807, 2.05) is 30.3 Å². The minimum absolute atomic E-state index is 0.0217. The van der Waals surface area contributed by atoms with Gasteiger partial charge in [-0.05, 0) is 45.6 Å². The summed E-state index contributed by atoms with van der Waals surface area (Å²) in [5, 5.41) is 2.95. The molecule has 1 aliphatic heterocycles. The minimum Gasteiger partial charge on any atom is -0.324 e. The number of anilines is 1. The molecule has 0 saturated carbocycles. The zero-order chi connectivity index (χ0) is 16.1. The quantitative estimate of drug-likeness (QED) is 0.875.